The first-order valence-corrected chi connectivity index (χ1v) is 13.7. The highest BCUT2D eigenvalue weighted by atomic mass is 16.6. The lowest BCUT2D eigenvalue weighted by Gasteiger charge is -2.37. The Labute approximate surface area is 220 Å². The molecule has 3 aliphatic carbocycles. The summed E-state index contributed by atoms with van der Waals surface area (Å²) in [5.74, 6) is 2.29. The SMILES string of the molecule is Cc1cc([NH+](c2ccccc2)c2ccccc2)cc(C)c1OCC(=O)OC1(C)C2CC(C)CC3(C2)CC31. The highest BCUT2D eigenvalue weighted by molar-refractivity contribution is 5.72. The molecule has 0 heterocycles. The maximum atomic E-state index is 13.0. The van der Waals surface area contributed by atoms with Crippen molar-refractivity contribution in [1.29, 1.82) is 0 Å². The van der Waals surface area contributed by atoms with Gasteiger partial charge in [-0.3, -0.25) is 0 Å². The molecule has 5 atom stereocenters. The van der Waals surface area contributed by atoms with E-state index in [0.29, 0.717) is 17.3 Å². The fraction of sp³-hybridized carbons (Fsp3) is 0.424. The highest BCUT2D eigenvalue weighted by Gasteiger charge is 2.73. The van der Waals surface area contributed by atoms with Crippen LogP contribution in [0.15, 0.2) is 72.8 Å². The van der Waals surface area contributed by atoms with Gasteiger partial charge in [-0.25, -0.2) is 9.69 Å². The zero-order valence-electron chi connectivity index (χ0n) is 22.4. The molecule has 3 saturated carbocycles. The van der Waals surface area contributed by atoms with Gasteiger partial charge in [0.05, 0.1) is 0 Å². The second-order valence-electron chi connectivity index (χ2n) is 12.1. The molecule has 3 aromatic carbocycles. The van der Waals surface area contributed by atoms with E-state index in [1.54, 1.807) is 0 Å². The maximum Gasteiger partial charge on any atom is 0.344 e. The number of quaternary nitrogens is 1. The van der Waals surface area contributed by atoms with E-state index in [4.69, 9.17) is 9.47 Å². The van der Waals surface area contributed by atoms with E-state index in [9.17, 15) is 4.79 Å². The predicted molar refractivity (Wildman–Crippen MR) is 146 cm³/mol. The summed E-state index contributed by atoms with van der Waals surface area (Å²) < 4.78 is 12.3. The minimum Gasteiger partial charge on any atom is -0.481 e. The largest absolute Gasteiger partial charge is 0.481 e. The monoisotopic (exact) mass is 496 g/mol. The predicted octanol–water partition coefficient (Wildman–Crippen LogP) is 6.62. The van der Waals surface area contributed by atoms with E-state index in [1.807, 2.05) is 12.1 Å². The Morgan fingerprint density at radius 2 is 1.49 bits per heavy atom. The average molecular weight is 497 g/mol. The third-order valence-electron chi connectivity index (χ3n) is 9.33. The van der Waals surface area contributed by atoms with E-state index < -0.39 is 0 Å². The molecule has 3 fully saturated rings. The summed E-state index contributed by atoms with van der Waals surface area (Å²) >= 11 is 0. The van der Waals surface area contributed by atoms with Crippen LogP contribution in [0.25, 0.3) is 0 Å². The summed E-state index contributed by atoms with van der Waals surface area (Å²) in [6, 6.07) is 25.3. The van der Waals surface area contributed by atoms with Crippen molar-refractivity contribution in [2.75, 3.05) is 6.61 Å². The molecule has 3 aliphatic rings. The van der Waals surface area contributed by atoms with Gasteiger partial charge in [0.15, 0.2) is 6.61 Å². The first-order chi connectivity index (χ1) is 17.8. The zero-order chi connectivity index (χ0) is 25.8. The Balaban J connectivity index is 1.19. The molecular weight excluding hydrogens is 458 g/mol. The number of aryl methyl sites for hydroxylation is 2. The summed E-state index contributed by atoms with van der Waals surface area (Å²) in [7, 11) is 0. The molecule has 1 spiro atoms. The lowest BCUT2D eigenvalue weighted by molar-refractivity contribution is -0.681. The van der Waals surface area contributed by atoms with Crippen LogP contribution in [0.4, 0.5) is 17.1 Å². The third-order valence-corrected chi connectivity index (χ3v) is 9.33. The molecule has 0 radical (unpaired) electrons. The summed E-state index contributed by atoms with van der Waals surface area (Å²) in [6.45, 7) is 8.60. The first-order valence-electron chi connectivity index (χ1n) is 13.7. The molecule has 1 N–H and O–H groups in total. The fourth-order valence-electron chi connectivity index (χ4n) is 7.84. The van der Waals surface area contributed by atoms with Crippen LogP contribution in [0, 0.1) is 37.0 Å². The summed E-state index contributed by atoms with van der Waals surface area (Å²) in [5, 5.41) is 0. The molecular formula is C33H38NO3+. The van der Waals surface area contributed by atoms with Gasteiger partial charge >= 0.3 is 5.97 Å². The number of rotatable bonds is 7. The molecule has 0 saturated heterocycles. The van der Waals surface area contributed by atoms with Crippen molar-refractivity contribution in [3.05, 3.63) is 83.9 Å². The van der Waals surface area contributed by atoms with Crippen LogP contribution in [0.3, 0.4) is 0 Å². The van der Waals surface area contributed by atoms with Crippen molar-refractivity contribution >= 4 is 23.0 Å². The number of hydrogen-bond acceptors (Lipinski definition) is 3. The molecule has 0 amide bonds. The van der Waals surface area contributed by atoms with Crippen LogP contribution in [-0.4, -0.2) is 18.2 Å². The molecule has 3 aromatic rings. The molecule has 6 rings (SSSR count). The van der Waals surface area contributed by atoms with Crippen molar-refractivity contribution in [2.45, 2.75) is 59.0 Å². The maximum absolute atomic E-state index is 13.0. The molecule has 4 nitrogen and oxygen atoms in total. The van der Waals surface area contributed by atoms with Gasteiger partial charge in [-0.1, -0.05) is 43.3 Å². The van der Waals surface area contributed by atoms with Gasteiger partial charge in [-0.05, 0) is 99.1 Å². The number of para-hydroxylation sites is 2. The van der Waals surface area contributed by atoms with Crippen molar-refractivity contribution in [3.8, 4) is 5.75 Å². The molecule has 0 aromatic heterocycles. The fourth-order valence-corrected chi connectivity index (χ4v) is 7.84. The molecule has 5 unspecified atom stereocenters. The quantitative estimate of drug-likeness (QED) is 0.374. The van der Waals surface area contributed by atoms with Crippen LogP contribution in [0.1, 0.15) is 50.7 Å². The van der Waals surface area contributed by atoms with Crippen molar-refractivity contribution < 1.29 is 19.2 Å². The number of carbonyl (C=O) groups is 1. The second-order valence-corrected chi connectivity index (χ2v) is 12.1. The molecule has 4 heteroatoms. The smallest absolute Gasteiger partial charge is 0.344 e. The number of hydrogen-bond donors (Lipinski definition) is 1. The number of carbonyl (C=O) groups excluding carboxylic acids is 1. The van der Waals surface area contributed by atoms with E-state index in [1.165, 1.54) is 42.0 Å². The molecule has 37 heavy (non-hydrogen) atoms. The van der Waals surface area contributed by atoms with Crippen molar-refractivity contribution in [1.82, 2.24) is 0 Å². The number of esters is 1. The lowest BCUT2D eigenvalue weighted by atomic mass is 9.74. The average Bonchev–Trinajstić information content (AvgIpc) is 3.53. The Bertz CT molecular complexity index is 1240. The highest BCUT2D eigenvalue weighted by Crippen LogP contribution is 2.76. The summed E-state index contributed by atoms with van der Waals surface area (Å²) in [4.78, 5) is 14.2. The number of nitrogens with one attached hydrogen (secondary N) is 1. The van der Waals surface area contributed by atoms with Crippen molar-refractivity contribution in [3.63, 3.8) is 0 Å². The molecule has 0 aliphatic heterocycles. The molecule has 192 valence electrons. The third kappa shape index (κ3) is 4.25. The zero-order valence-corrected chi connectivity index (χ0v) is 22.4. The van der Waals surface area contributed by atoms with Crippen LogP contribution < -0.4 is 9.64 Å². The Morgan fingerprint density at radius 3 is 2.08 bits per heavy atom. The van der Waals surface area contributed by atoms with E-state index >= 15 is 0 Å². The van der Waals surface area contributed by atoms with Gasteiger partial charge in [0.1, 0.15) is 28.4 Å². The van der Waals surface area contributed by atoms with E-state index in [2.05, 4.69) is 88.4 Å². The van der Waals surface area contributed by atoms with Crippen molar-refractivity contribution in [2.24, 2.45) is 23.2 Å². The van der Waals surface area contributed by atoms with Gasteiger partial charge in [0.2, 0.25) is 0 Å². The first kappa shape index (κ1) is 24.2. The standard InChI is InChI=1S/C33H37NO3/c1-22-15-25-19-33(18-22)20-29(33)32(25,4)37-30(35)21-36-31-23(2)16-28(17-24(31)3)34(26-11-7-5-8-12-26)27-13-9-6-10-14-27/h5-14,16-17,22,25,29H,15,18-21H2,1-4H3/p+1. The van der Waals surface area contributed by atoms with E-state index in [0.717, 1.165) is 28.5 Å². The molecule has 2 bridgehead atoms. The minimum absolute atomic E-state index is 0.0491. The van der Waals surface area contributed by atoms with Gasteiger partial charge in [0.25, 0.3) is 0 Å². The number of benzene rings is 3. The number of ether oxygens (including phenoxy) is 2. The second kappa shape index (κ2) is 9.02. The van der Waals surface area contributed by atoms with Gasteiger partial charge in [-0.2, -0.15) is 0 Å². The minimum atomic E-state index is -0.325. The Kier molecular flexibility index (Phi) is 5.91. The topological polar surface area (TPSA) is 40.0 Å². The van der Waals surface area contributed by atoms with Gasteiger partial charge < -0.3 is 9.47 Å². The van der Waals surface area contributed by atoms with Crippen LogP contribution in [0.2, 0.25) is 0 Å². The van der Waals surface area contributed by atoms with Gasteiger partial charge in [-0.15, -0.1) is 0 Å². The van der Waals surface area contributed by atoms with Crippen LogP contribution in [-0.2, 0) is 9.53 Å². The normalized spacial score (nSPS) is 29.6. The van der Waals surface area contributed by atoms with Crippen LogP contribution >= 0.6 is 0 Å². The Morgan fingerprint density at radius 1 is 0.892 bits per heavy atom. The van der Waals surface area contributed by atoms with Crippen LogP contribution in [0.5, 0.6) is 5.75 Å². The summed E-state index contributed by atoms with van der Waals surface area (Å²) in [6.07, 6.45) is 4.92. The lowest BCUT2D eigenvalue weighted by Crippen LogP contribution is -2.96. The number of fused-ring (bicyclic) bond motifs is 1. The van der Waals surface area contributed by atoms with E-state index in [-0.39, 0.29) is 18.2 Å². The van der Waals surface area contributed by atoms with Gasteiger partial charge in [0, 0.05) is 18.1 Å². The summed E-state index contributed by atoms with van der Waals surface area (Å²) in [5.41, 5.74) is 5.65. The Hall–Kier alpha value is -3.11.